The second-order valence-corrected chi connectivity index (χ2v) is 6.17. The van der Waals surface area contributed by atoms with Gasteiger partial charge in [-0.3, -0.25) is 0 Å². The van der Waals surface area contributed by atoms with Crippen LogP contribution in [0.4, 0.5) is 0 Å². The van der Waals surface area contributed by atoms with Crippen LogP contribution >= 0.6 is 22.3 Å². The Balaban J connectivity index is 2.92. The van der Waals surface area contributed by atoms with Crippen LogP contribution in [0.1, 0.15) is 0 Å². The summed E-state index contributed by atoms with van der Waals surface area (Å²) in [5, 5.41) is 1.14. The van der Waals surface area contributed by atoms with Crippen molar-refractivity contribution in [2.45, 2.75) is 4.90 Å². The van der Waals surface area contributed by atoms with Crippen LogP contribution in [0.15, 0.2) is 29.3 Å². The Morgan fingerprint density at radius 3 is 2.60 bits per heavy atom. The molecule has 0 amide bonds. The predicted octanol–water partition coefficient (Wildman–Crippen LogP) is 2.76. The van der Waals surface area contributed by atoms with Gasteiger partial charge in [0.25, 0.3) is 9.05 Å². The van der Waals surface area contributed by atoms with E-state index in [9.17, 15) is 8.42 Å². The Hall–Kier alpha value is -0.710. The third-order valence-electron chi connectivity index (χ3n) is 2.18. The van der Waals surface area contributed by atoms with Gasteiger partial charge >= 0.3 is 0 Å². The monoisotopic (exact) mass is 263 g/mol. The Bertz CT molecular complexity index is 631. The predicted molar refractivity (Wildman–Crippen MR) is 61.0 cm³/mol. The molecule has 0 atom stereocenters. The molecule has 0 saturated carbocycles. The minimum atomic E-state index is -3.71. The lowest BCUT2D eigenvalue weighted by molar-refractivity contribution is 0.610. The number of aromatic nitrogens is 1. The molecule has 2 rings (SSSR count). The summed E-state index contributed by atoms with van der Waals surface area (Å²) in [5.74, 6) is 0. The van der Waals surface area contributed by atoms with Crippen molar-refractivity contribution < 1.29 is 8.42 Å². The molecule has 15 heavy (non-hydrogen) atoms. The fourth-order valence-electron chi connectivity index (χ4n) is 1.51. The van der Waals surface area contributed by atoms with Crippen LogP contribution in [-0.2, 0) is 16.1 Å². The highest BCUT2D eigenvalue weighted by Crippen LogP contribution is 2.29. The first-order chi connectivity index (χ1) is 6.89. The Morgan fingerprint density at radius 2 is 2.00 bits per heavy atom. The van der Waals surface area contributed by atoms with E-state index in [0.717, 1.165) is 5.52 Å². The first-order valence-electron chi connectivity index (χ1n) is 4.09. The van der Waals surface area contributed by atoms with E-state index in [4.69, 9.17) is 22.3 Å². The number of nitrogens with zero attached hydrogens (tertiary/aromatic N) is 1. The van der Waals surface area contributed by atoms with Gasteiger partial charge in [0.2, 0.25) is 0 Å². The average Bonchev–Trinajstić information content (AvgIpc) is 2.43. The van der Waals surface area contributed by atoms with Crippen molar-refractivity contribution in [1.82, 2.24) is 4.57 Å². The van der Waals surface area contributed by atoms with Crippen molar-refractivity contribution in [1.29, 1.82) is 0 Å². The van der Waals surface area contributed by atoms with Gasteiger partial charge in [-0.05, 0) is 18.2 Å². The van der Waals surface area contributed by atoms with E-state index >= 15 is 0 Å². The molecule has 3 nitrogen and oxygen atoms in total. The van der Waals surface area contributed by atoms with Crippen LogP contribution < -0.4 is 0 Å². The second kappa shape index (κ2) is 3.40. The summed E-state index contributed by atoms with van der Waals surface area (Å²) in [4.78, 5) is 0.110. The molecule has 80 valence electrons. The first-order valence-corrected chi connectivity index (χ1v) is 6.77. The van der Waals surface area contributed by atoms with Crippen molar-refractivity contribution in [2.24, 2.45) is 7.05 Å². The number of hydrogen-bond donors (Lipinski definition) is 0. The quantitative estimate of drug-likeness (QED) is 0.743. The molecule has 1 heterocycles. The molecule has 6 heteroatoms. The maximum Gasteiger partial charge on any atom is 0.263 e. The highest BCUT2D eigenvalue weighted by molar-refractivity contribution is 8.14. The van der Waals surface area contributed by atoms with Gasteiger partial charge in [-0.1, -0.05) is 11.6 Å². The van der Waals surface area contributed by atoms with Gasteiger partial charge in [0.15, 0.2) is 0 Å². The molecule has 0 bridgehead atoms. The van der Waals surface area contributed by atoms with Crippen LogP contribution in [0.5, 0.6) is 0 Å². The van der Waals surface area contributed by atoms with Gasteiger partial charge in [0.1, 0.15) is 4.90 Å². The molecule has 0 spiro atoms. The van der Waals surface area contributed by atoms with Crippen LogP contribution in [0.25, 0.3) is 10.9 Å². The van der Waals surface area contributed by atoms with Gasteiger partial charge < -0.3 is 4.57 Å². The smallest absolute Gasteiger partial charge is 0.263 e. The van der Waals surface area contributed by atoms with E-state index in [-0.39, 0.29) is 4.90 Å². The molecule has 1 aromatic heterocycles. The summed E-state index contributed by atoms with van der Waals surface area (Å²) in [6, 6.07) is 4.98. The highest BCUT2D eigenvalue weighted by Gasteiger charge is 2.17. The van der Waals surface area contributed by atoms with Gasteiger partial charge in [0, 0.05) is 34.3 Å². The largest absolute Gasteiger partial charge is 0.349 e. The van der Waals surface area contributed by atoms with Crippen LogP contribution in [-0.4, -0.2) is 13.0 Å². The maximum absolute atomic E-state index is 11.3. The normalized spacial score (nSPS) is 12.2. The Labute approximate surface area is 96.6 Å². The van der Waals surface area contributed by atoms with Crippen molar-refractivity contribution in [2.75, 3.05) is 0 Å². The van der Waals surface area contributed by atoms with Crippen LogP contribution in [0, 0.1) is 0 Å². The molecule has 0 aliphatic carbocycles. The fourth-order valence-corrected chi connectivity index (χ4v) is 2.77. The molecule has 0 unspecified atom stereocenters. The van der Waals surface area contributed by atoms with E-state index in [1.54, 1.807) is 29.8 Å². The summed E-state index contributed by atoms with van der Waals surface area (Å²) < 4.78 is 24.2. The van der Waals surface area contributed by atoms with Crippen molar-refractivity contribution in [3.63, 3.8) is 0 Å². The topological polar surface area (TPSA) is 39.1 Å². The lowest BCUT2D eigenvalue weighted by atomic mass is 10.2. The van der Waals surface area contributed by atoms with Crippen molar-refractivity contribution >= 4 is 42.2 Å². The van der Waals surface area contributed by atoms with Gasteiger partial charge in [0.05, 0.1) is 5.52 Å². The summed E-state index contributed by atoms with van der Waals surface area (Å²) in [6.45, 7) is 0. The minimum Gasteiger partial charge on any atom is -0.349 e. The average molecular weight is 264 g/mol. The maximum atomic E-state index is 11.3. The summed E-state index contributed by atoms with van der Waals surface area (Å²) >= 11 is 5.82. The zero-order valence-corrected chi connectivity index (χ0v) is 10.1. The summed E-state index contributed by atoms with van der Waals surface area (Å²) in [6.07, 6.45) is 1.48. The molecular weight excluding hydrogens is 257 g/mol. The summed E-state index contributed by atoms with van der Waals surface area (Å²) in [7, 11) is 3.34. The lowest BCUT2D eigenvalue weighted by Gasteiger charge is -1.95. The minimum absolute atomic E-state index is 0.110. The Morgan fingerprint density at radius 1 is 1.33 bits per heavy atom. The third-order valence-corrected chi connectivity index (χ3v) is 3.76. The van der Waals surface area contributed by atoms with Gasteiger partial charge in [-0.15, -0.1) is 0 Å². The molecule has 1 aromatic carbocycles. The van der Waals surface area contributed by atoms with E-state index in [1.807, 2.05) is 0 Å². The molecule has 0 saturated heterocycles. The standard InChI is InChI=1S/C9H7Cl2NO2S/c1-12-5-9(15(11,13)14)7-3-2-6(10)4-8(7)12/h2-5H,1H3. The fraction of sp³-hybridized carbons (Fsp3) is 0.111. The number of halogens is 2. The molecule has 0 aliphatic heterocycles. The zero-order valence-electron chi connectivity index (χ0n) is 7.74. The molecule has 0 aliphatic rings. The number of rotatable bonds is 1. The van der Waals surface area contributed by atoms with Crippen LogP contribution in [0.2, 0.25) is 5.02 Å². The third kappa shape index (κ3) is 1.85. The van der Waals surface area contributed by atoms with Crippen molar-refractivity contribution in [3.8, 4) is 0 Å². The highest BCUT2D eigenvalue weighted by atomic mass is 35.7. The number of hydrogen-bond acceptors (Lipinski definition) is 2. The molecule has 0 radical (unpaired) electrons. The van der Waals surface area contributed by atoms with Crippen LogP contribution in [0.3, 0.4) is 0 Å². The molecule has 2 aromatic rings. The molecule has 0 fully saturated rings. The summed E-state index contributed by atoms with van der Waals surface area (Å²) in [5.41, 5.74) is 0.738. The molecular formula is C9H7Cl2NO2S. The number of fused-ring (bicyclic) bond motifs is 1. The van der Waals surface area contributed by atoms with E-state index < -0.39 is 9.05 Å². The lowest BCUT2D eigenvalue weighted by Crippen LogP contribution is -1.88. The Kier molecular flexibility index (Phi) is 2.45. The van der Waals surface area contributed by atoms with Gasteiger partial charge in [-0.2, -0.15) is 0 Å². The van der Waals surface area contributed by atoms with E-state index in [0.29, 0.717) is 10.4 Å². The number of aryl methyl sites for hydroxylation is 1. The van der Waals surface area contributed by atoms with E-state index in [2.05, 4.69) is 0 Å². The SMILES string of the molecule is Cn1cc(S(=O)(=O)Cl)c2ccc(Cl)cc21. The second-order valence-electron chi connectivity index (χ2n) is 3.20. The zero-order chi connectivity index (χ0) is 11.2. The molecule has 0 N–H and O–H groups in total. The van der Waals surface area contributed by atoms with E-state index in [1.165, 1.54) is 6.20 Å². The van der Waals surface area contributed by atoms with Crippen molar-refractivity contribution in [3.05, 3.63) is 29.4 Å². The first kappa shape index (κ1) is 10.8. The number of benzene rings is 1. The van der Waals surface area contributed by atoms with Gasteiger partial charge in [-0.25, -0.2) is 8.42 Å².